The maximum absolute atomic E-state index is 13.3. The highest BCUT2D eigenvalue weighted by Gasteiger charge is 2.18. The lowest BCUT2D eigenvalue weighted by molar-refractivity contribution is 0.269. The van der Waals surface area contributed by atoms with Gasteiger partial charge in [0.15, 0.2) is 11.5 Å². The number of aromatic nitrogens is 2. The molecule has 1 heterocycles. The van der Waals surface area contributed by atoms with E-state index in [2.05, 4.69) is 41.9 Å². The molecule has 192 valence electrons. The SMILES string of the molecule is CCCc1nc2ccc(Br)cc2c(=O)n1N=Cc1cc(OCC)c(OCc2ccc(Cl)cc2)c(Cl)c1Br. The number of hydrogen-bond acceptors (Lipinski definition) is 5. The van der Waals surface area contributed by atoms with Gasteiger partial charge in [0.2, 0.25) is 0 Å². The first-order chi connectivity index (χ1) is 17.8. The summed E-state index contributed by atoms with van der Waals surface area (Å²) in [4.78, 5) is 18.0. The highest BCUT2D eigenvalue weighted by molar-refractivity contribution is 9.10. The van der Waals surface area contributed by atoms with Gasteiger partial charge in [-0.1, -0.05) is 58.2 Å². The van der Waals surface area contributed by atoms with Gasteiger partial charge in [-0.15, -0.1) is 0 Å². The fraction of sp³-hybridized carbons (Fsp3) is 0.222. The Morgan fingerprint density at radius 1 is 1.05 bits per heavy atom. The molecule has 10 heteroatoms. The third-order valence-electron chi connectivity index (χ3n) is 5.41. The molecule has 0 aliphatic rings. The number of halogens is 4. The lowest BCUT2D eigenvalue weighted by Crippen LogP contribution is -2.22. The maximum Gasteiger partial charge on any atom is 0.282 e. The highest BCUT2D eigenvalue weighted by atomic mass is 79.9. The van der Waals surface area contributed by atoms with Gasteiger partial charge in [-0.25, -0.2) is 4.98 Å². The molecule has 4 aromatic rings. The Bertz CT molecular complexity index is 1520. The average Bonchev–Trinajstić information content (AvgIpc) is 2.88. The Labute approximate surface area is 241 Å². The number of fused-ring (bicyclic) bond motifs is 1. The Morgan fingerprint density at radius 3 is 2.51 bits per heavy atom. The van der Waals surface area contributed by atoms with Crippen molar-refractivity contribution in [3.05, 3.63) is 94.8 Å². The van der Waals surface area contributed by atoms with Crippen LogP contribution in [0.2, 0.25) is 10.0 Å². The van der Waals surface area contributed by atoms with Gasteiger partial charge in [-0.05, 0) is 71.2 Å². The minimum absolute atomic E-state index is 0.249. The molecule has 0 amide bonds. The van der Waals surface area contributed by atoms with Crippen LogP contribution in [0.3, 0.4) is 0 Å². The molecule has 0 radical (unpaired) electrons. The minimum Gasteiger partial charge on any atom is -0.490 e. The Kier molecular flexibility index (Phi) is 9.29. The molecule has 0 saturated heterocycles. The first-order valence-corrected chi connectivity index (χ1v) is 13.9. The van der Waals surface area contributed by atoms with Crippen molar-refractivity contribution in [1.29, 1.82) is 0 Å². The summed E-state index contributed by atoms with van der Waals surface area (Å²) in [7, 11) is 0. The summed E-state index contributed by atoms with van der Waals surface area (Å²) in [5, 5.41) is 5.98. The van der Waals surface area contributed by atoms with E-state index in [1.165, 1.54) is 4.68 Å². The van der Waals surface area contributed by atoms with Gasteiger partial charge < -0.3 is 9.47 Å². The third-order valence-corrected chi connectivity index (χ3v) is 7.60. The summed E-state index contributed by atoms with van der Waals surface area (Å²) in [5.41, 5.74) is 1.94. The Morgan fingerprint density at radius 2 is 1.81 bits per heavy atom. The van der Waals surface area contributed by atoms with Crippen molar-refractivity contribution in [2.75, 3.05) is 6.61 Å². The molecule has 0 atom stereocenters. The van der Waals surface area contributed by atoms with Crippen LogP contribution in [0.1, 0.15) is 37.2 Å². The van der Waals surface area contributed by atoms with E-state index in [0.717, 1.165) is 16.5 Å². The fourth-order valence-electron chi connectivity index (χ4n) is 3.65. The quantitative estimate of drug-likeness (QED) is 0.170. The average molecular weight is 668 g/mol. The summed E-state index contributed by atoms with van der Waals surface area (Å²) >= 11 is 19.7. The smallest absolute Gasteiger partial charge is 0.282 e. The first-order valence-electron chi connectivity index (χ1n) is 11.6. The van der Waals surface area contributed by atoms with Crippen LogP contribution in [0.25, 0.3) is 10.9 Å². The van der Waals surface area contributed by atoms with E-state index in [1.54, 1.807) is 30.5 Å². The molecule has 37 heavy (non-hydrogen) atoms. The second-order valence-corrected chi connectivity index (χ2v) is 10.6. The number of rotatable bonds is 9. The number of hydrogen-bond donors (Lipinski definition) is 0. The van der Waals surface area contributed by atoms with Crippen molar-refractivity contribution < 1.29 is 9.47 Å². The van der Waals surface area contributed by atoms with E-state index in [0.29, 0.717) is 61.3 Å². The van der Waals surface area contributed by atoms with E-state index in [4.69, 9.17) is 32.7 Å². The molecule has 3 aromatic carbocycles. The molecule has 1 aromatic heterocycles. The molecular formula is C27H23Br2Cl2N3O3. The fourth-order valence-corrected chi connectivity index (χ4v) is 4.79. The third kappa shape index (κ3) is 6.37. The van der Waals surface area contributed by atoms with Crippen molar-refractivity contribution in [3.8, 4) is 11.5 Å². The van der Waals surface area contributed by atoms with Crippen molar-refractivity contribution in [2.24, 2.45) is 5.10 Å². The minimum atomic E-state index is -0.249. The van der Waals surface area contributed by atoms with Crippen molar-refractivity contribution in [1.82, 2.24) is 9.66 Å². The van der Waals surface area contributed by atoms with Gasteiger partial charge in [0.25, 0.3) is 5.56 Å². The molecule has 0 aliphatic carbocycles. The van der Waals surface area contributed by atoms with Crippen LogP contribution in [0.4, 0.5) is 0 Å². The standard InChI is InChI=1S/C27H23Br2Cl2N3O3/c1-3-5-23-33-21-11-8-18(28)13-20(21)27(35)34(23)32-14-17-12-22(36-4-2)26(25(31)24(17)29)37-15-16-6-9-19(30)10-7-16/h6-14H,3-5,15H2,1-2H3. The van der Waals surface area contributed by atoms with E-state index in [1.807, 2.05) is 38.1 Å². The van der Waals surface area contributed by atoms with Gasteiger partial charge >= 0.3 is 0 Å². The van der Waals surface area contributed by atoms with Crippen LogP contribution in [0.15, 0.2) is 67.4 Å². The molecule has 0 aliphatic heterocycles. The summed E-state index contributed by atoms with van der Waals surface area (Å²) in [5.74, 6) is 1.45. The van der Waals surface area contributed by atoms with Crippen molar-refractivity contribution in [2.45, 2.75) is 33.3 Å². The molecule has 0 N–H and O–H groups in total. The summed E-state index contributed by atoms with van der Waals surface area (Å²) in [6.07, 6.45) is 2.98. The van der Waals surface area contributed by atoms with Gasteiger partial charge in [0.1, 0.15) is 17.5 Å². The van der Waals surface area contributed by atoms with Crippen LogP contribution in [0.5, 0.6) is 11.5 Å². The number of ether oxygens (including phenoxy) is 2. The van der Waals surface area contributed by atoms with Crippen LogP contribution in [-0.2, 0) is 13.0 Å². The van der Waals surface area contributed by atoms with E-state index < -0.39 is 0 Å². The monoisotopic (exact) mass is 665 g/mol. The van der Waals surface area contributed by atoms with Crippen LogP contribution < -0.4 is 15.0 Å². The molecule has 6 nitrogen and oxygen atoms in total. The van der Waals surface area contributed by atoms with Crippen LogP contribution >= 0.6 is 55.1 Å². The van der Waals surface area contributed by atoms with Gasteiger partial charge in [-0.3, -0.25) is 4.79 Å². The zero-order valence-electron chi connectivity index (χ0n) is 20.1. The Balaban J connectivity index is 1.73. The maximum atomic E-state index is 13.3. The van der Waals surface area contributed by atoms with E-state index in [-0.39, 0.29) is 12.2 Å². The Hall–Kier alpha value is -2.39. The topological polar surface area (TPSA) is 65.7 Å². The molecular weight excluding hydrogens is 645 g/mol. The highest BCUT2D eigenvalue weighted by Crippen LogP contribution is 2.42. The van der Waals surface area contributed by atoms with E-state index >= 15 is 0 Å². The zero-order chi connectivity index (χ0) is 26.5. The molecule has 0 fully saturated rings. The van der Waals surface area contributed by atoms with Crippen LogP contribution in [0, 0.1) is 0 Å². The predicted octanol–water partition coefficient (Wildman–Crippen LogP) is 8.04. The van der Waals surface area contributed by atoms with Crippen molar-refractivity contribution in [3.63, 3.8) is 0 Å². The molecule has 4 rings (SSSR count). The van der Waals surface area contributed by atoms with Gasteiger partial charge in [-0.2, -0.15) is 9.78 Å². The number of benzene rings is 3. The molecule has 0 bridgehead atoms. The largest absolute Gasteiger partial charge is 0.490 e. The predicted molar refractivity (Wildman–Crippen MR) is 157 cm³/mol. The van der Waals surface area contributed by atoms with Crippen molar-refractivity contribution >= 4 is 72.2 Å². The van der Waals surface area contributed by atoms with Gasteiger partial charge in [0, 0.05) is 26.0 Å². The molecule has 0 saturated carbocycles. The van der Waals surface area contributed by atoms with E-state index in [9.17, 15) is 4.79 Å². The second kappa shape index (κ2) is 12.4. The van der Waals surface area contributed by atoms with Crippen LogP contribution in [-0.4, -0.2) is 22.5 Å². The zero-order valence-corrected chi connectivity index (χ0v) is 24.8. The summed E-state index contributed by atoms with van der Waals surface area (Å²) < 4.78 is 14.6. The number of aryl methyl sites for hydroxylation is 1. The van der Waals surface area contributed by atoms with Gasteiger partial charge in [0.05, 0.1) is 23.7 Å². The molecule has 0 unspecified atom stereocenters. The number of nitrogens with zero attached hydrogens (tertiary/aromatic N) is 3. The normalized spacial score (nSPS) is 11.4. The lowest BCUT2D eigenvalue weighted by atomic mass is 10.2. The second-order valence-electron chi connectivity index (χ2n) is 8.07. The molecule has 0 spiro atoms. The lowest BCUT2D eigenvalue weighted by Gasteiger charge is -2.16. The summed E-state index contributed by atoms with van der Waals surface area (Å²) in [6, 6.07) is 14.6. The first kappa shape index (κ1) is 27.6. The summed E-state index contributed by atoms with van der Waals surface area (Å²) in [6.45, 7) is 4.60.